The van der Waals surface area contributed by atoms with E-state index in [4.69, 9.17) is 9.47 Å². The molecule has 2 aliphatic heterocycles. The van der Waals surface area contributed by atoms with Crippen molar-refractivity contribution in [2.75, 3.05) is 13.2 Å². The third-order valence-corrected chi connectivity index (χ3v) is 6.49. The Hall–Kier alpha value is -1.42. The highest BCUT2D eigenvalue weighted by Gasteiger charge is 2.29. The van der Waals surface area contributed by atoms with Gasteiger partial charge in [-0.3, -0.25) is 4.79 Å². The number of amides is 1. The average Bonchev–Trinajstić information content (AvgIpc) is 3.36. The molecular formula is C17H27N3O5S. The van der Waals surface area contributed by atoms with Crippen LogP contribution in [0.25, 0.3) is 0 Å². The molecule has 1 aromatic rings. The van der Waals surface area contributed by atoms with E-state index >= 15 is 0 Å². The summed E-state index contributed by atoms with van der Waals surface area (Å²) in [5.41, 5.74) is 0.208. The predicted molar refractivity (Wildman–Crippen MR) is 95.5 cm³/mol. The zero-order valence-electron chi connectivity index (χ0n) is 15.2. The number of sulfonamides is 1. The molecule has 2 aliphatic rings. The summed E-state index contributed by atoms with van der Waals surface area (Å²) < 4.78 is 38.8. The molecule has 0 bridgehead atoms. The number of nitrogens with one attached hydrogen (secondary N) is 3. The van der Waals surface area contributed by atoms with Crippen molar-refractivity contribution < 1.29 is 22.7 Å². The SMILES string of the molecule is C[C@H](NC(=O)c1cc(S(=O)(=O)N[C@H](C)[C@H]2CCCO2)c[nH]1)[C@H]1CCCO1. The minimum atomic E-state index is -3.72. The van der Waals surface area contributed by atoms with Gasteiger partial charge in [-0.15, -0.1) is 0 Å². The quantitative estimate of drug-likeness (QED) is 0.652. The first-order chi connectivity index (χ1) is 12.4. The zero-order valence-corrected chi connectivity index (χ0v) is 16.0. The Kier molecular flexibility index (Phi) is 6.01. The van der Waals surface area contributed by atoms with Gasteiger partial charge in [0.25, 0.3) is 5.91 Å². The van der Waals surface area contributed by atoms with E-state index in [9.17, 15) is 13.2 Å². The standard InChI is InChI=1S/C17H27N3O5S/c1-11(15-5-3-7-24-15)19-17(21)14-9-13(10-18-14)26(22,23)20-12(2)16-6-4-8-25-16/h9-12,15-16,18,20H,3-8H2,1-2H3,(H,19,21)/t11-,12+,15+,16+/m0/s1. The monoisotopic (exact) mass is 385 g/mol. The summed E-state index contributed by atoms with van der Waals surface area (Å²) in [6, 6.07) is 0.891. The summed E-state index contributed by atoms with van der Waals surface area (Å²) in [5, 5.41) is 2.86. The fourth-order valence-electron chi connectivity index (χ4n) is 3.42. The van der Waals surface area contributed by atoms with Crippen LogP contribution in [0.5, 0.6) is 0 Å². The van der Waals surface area contributed by atoms with Crippen molar-refractivity contribution in [2.24, 2.45) is 0 Å². The molecule has 3 N–H and O–H groups in total. The molecule has 0 radical (unpaired) electrons. The number of hydrogen-bond donors (Lipinski definition) is 3. The molecule has 3 heterocycles. The lowest BCUT2D eigenvalue weighted by atomic mass is 10.1. The lowest BCUT2D eigenvalue weighted by molar-refractivity contribution is 0.0710. The number of rotatable bonds is 7. The first-order valence-electron chi connectivity index (χ1n) is 9.11. The summed E-state index contributed by atoms with van der Waals surface area (Å²) in [7, 11) is -3.72. The Morgan fingerprint density at radius 2 is 1.77 bits per heavy atom. The van der Waals surface area contributed by atoms with Crippen molar-refractivity contribution in [3.05, 3.63) is 18.0 Å². The smallest absolute Gasteiger partial charge is 0.268 e. The number of ether oxygens (including phenoxy) is 2. The van der Waals surface area contributed by atoms with E-state index in [1.165, 1.54) is 12.3 Å². The maximum Gasteiger partial charge on any atom is 0.268 e. The van der Waals surface area contributed by atoms with E-state index in [0.29, 0.717) is 13.2 Å². The molecule has 3 rings (SSSR count). The summed E-state index contributed by atoms with van der Waals surface area (Å²) in [6.45, 7) is 5.05. The van der Waals surface area contributed by atoms with E-state index in [1.807, 2.05) is 6.92 Å². The molecule has 26 heavy (non-hydrogen) atoms. The van der Waals surface area contributed by atoms with Crippen molar-refractivity contribution in [3.63, 3.8) is 0 Å². The number of aromatic amines is 1. The highest BCUT2D eigenvalue weighted by atomic mass is 32.2. The molecule has 0 aliphatic carbocycles. The van der Waals surface area contributed by atoms with Gasteiger partial charge in [-0.1, -0.05) is 0 Å². The van der Waals surface area contributed by atoms with Gasteiger partial charge in [0.05, 0.1) is 18.2 Å². The van der Waals surface area contributed by atoms with Crippen LogP contribution >= 0.6 is 0 Å². The number of carbonyl (C=O) groups excluding carboxylic acids is 1. The highest BCUT2D eigenvalue weighted by Crippen LogP contribution is 2.19. The normalized spacial score (nSPS) is 25.9. The minimum Gasteiger partial charge on any atom is -0.377 e. The van der Waals surface area contributed by atoms with Gasteiger partial charge in [0.1, 0.15) is 10.6 Å². The molecule has 146 valence electrons. The first kappa shape index (κ1) is 19.3. The van der Waals surface area contributed by atoms with E-state index in [1.54, 1.807) is 6.92 Å². The highest BCUT2D eigenvalue weighted by molar-refractivity contribution is 7.89. The van der Waals surface area contributed by atoms with Crippen LogP contribution in [0.1, 0.15) is 50.0 Å². The van der Waals surface area contributed by atoms with Crippen LogP contribution in [0.15, 0.2) is 17.2 Å². The Morgan fingerprint density at radius 1 is 1.15 bits per heavy atom. The molecular weight excluding hydrogens is 358 g/mol. The predicted octanol–water partition coefficient (Wildman–Crippen LogP) is 1.16. The minimum absolute atomic E-state index is 0.00560. The van der Waals surface area contributed by atoms with Crippen molar-refractivity contribution in [1.29, 1.82) is 0 Å². The van der Waals surface area contributed by atoms with E-state index in [2.05, 4.69) is 15.0 Å². The maximum absolute atomic E-state index is 12.5. The number of hydrogen-bond acceptors (Lipinski definition) is 5. The van der Waals surface area contributed by atoms with Crippen LogP contribution in [0.2, 0.25) is 0 Å². The van der Waals surface area contributed by atoms with Crippen molar-refractivity contribution >= 4 is 15.9 Å². The van der Waals surface area contributed by atoms with Crippen LogP contribution in [0.4, 0.5) is 0 Å². The van der Waals surface area contributed by atoms with Gasteiger partial charge in [0.15, 0.2) is 0 Å². The topological polar surface area (TPSA) is 110 Å². The van der Waals surface area contributed by atoms with Gasteiger partial charge >= 0.3 is 0 Å². The van der Waals surface area contributed by atoms with Crippen LogP contribution in [-0.4, -0.2) is 56.8 Å². The maximum atomic E-state index is 12.5. The van der Waals surface area contributed by atoms with Gasteiger partial charge in [0, 0.05) is 25.5 Å². The second kappa shape index (κ2) is 8.08. The molecule has 1 aromatic heterocycles. The summed E-state index contributed by atoms with van der Waals surface area (Å²) in [4.78, 5) is 15.1. The molecule has 1 amide bonds. The molecule has 8 nitrogen and oxygen atoms in total. The van der Waals surface area contributed by atoms with Crippen molar-refractivity contribution in [3.8, 4) is 0 Å². The molecule has 2 fully saturated rings. The summed E-state index contributed by atoms with van der Waals surface area (Å²) in [6.07, 6.45) is 4.90. The zero-order chi connectivity index (χ0) is 18.7. The third kappa shape index (κ3) is 4.46. The molecule has 0 saturated carbocycles. The Morgan fingerprint density at radius 3 is 2.35 bits per heavy atom. The Bertz CT molecular complexity index is 721. The molecule has 4 atom stereocenters. The Balaban J connectivity index is 1.61. The van der Waals surface area contributed by atoms with Gasteiger partial charge in [0.2, 0.25) is 10.0 Å². The van der Waals surface area contributed by atoms with Crippen LogP contribution < -0.4 is 10.0 Å². The van der Waals surface area contributed by atoms with Crippen LogP contribution in [-0.2, 0) is 19.5 Å². The van der Waals surface area contributed by atoms with Gasteiger partial charge in [-0.05, 0) is 45.6 Å². The average molecular weight is 385 g/mol. The summed E-state index contributed by atoms with van der Waals surface area (Å²) in [5.74, 6) is -0.346. The lowest BCUT2D eigenvalue weighted by Gasteiger charge is -2.19. The van der Waals surface area contributed by atoms with Crippen molar-refractivity contribution in [2.45, 2.75) is 68.7 Å². The fraction of sp³-hybridized carbons (Fsp3) is 0.706. The lowest BCUT2D eigenvalue weighted by Crippen LogP contribution is -2.41. The Labute approximate surface area is 154 Å². The fourth-order valence-corrected chi connectivity index (χ4v) is 4.69. The molecule has 0 unspecified atom stereocenters. The molecule has 0 spiro atoms. The van der Waals surface area contributed by atoms with E-state index < -0.39 is 10.0 Å². The molecule has 2 saturated heterocycles. The first-order valence-corrected chi connectivity index (χ1v) is 10.6. The van der Waals surface area contributed by atoms with Crippen LogP contribution in [0.3, 0.4) is 0 Å². The molecule has 0 aromatic carbocycles. The second-order valence-corrected chi connectivity index (χ2v) is 8.74. The number of carbonyl (C=O) groups is 1. The molecule has 9 heteroatoms. The van der Waals surface area contributed by atoms with Crippen LogP contribution in [0, 0.1) is 0 Å². The number of H-pyrrole nitrogens is 1. The van der Waals surface area contributed by atoms with Crippen molar-refractivity contribution in [1.82, 2.24) is 15.0 Å². The van der Waals surface area contributed by atoms with Gasteiger partial charge < -0.3 is 19.8 Å². The van der Waals surface area contributed by atoms with Gasteiger partial charge in [-0.2, -0.15) is 0 Å². The third-order valence-electron chi connectivity index (χ3n) is 4.96. The van der Waals surface area contributed by atoms with E-state index in [-0.39, 0.29) is 40.8 Å². The number of aromatic nitrogens is 1. The summed E-state index contributed by atoms with van der Waals surface area (Å²) >= 11 is 0. The second-order valence-electron chi connectivity index (χ2n) is 7.02. The largest absolute Gasteiger partial charge is 0.377 e. The van der Waals surface area contributed by atoms with E-state index in [0.717, 1.165) is 25.7 Å². The van der Waals surface area contributed by atoms with Gasteiger partial charge in [-0.25, -0.2) is 13.1 Å².